The molecule has 31 heavy (non-hydrogen) atoms. The van der Waals surface area contributed by atoms with Crippen molar-refractivity contribution in [1.29, 1.82) is 0 Å². The fourth-order valence-electron chi connectivity index (χ4n) is 3.71. The van der Waals surface area contributed by atoms with Crippen LogP contribution < -0.4 is 0 Å². The molecule has 0 saturated heterocycles. The van der Waals surface area contributed by atoms with E-state index in [4.69, 9.17) is 0 Å². The van der Waals surface area contributed by atoms with Gasteiger partial charge in [0.1, 0.15) is 5.82 Å². The number of aryl methyl sites for hydroxylation is 1. The summed E-state index contributed by atoms with van der Waals surface area (Å²) in [5.41, 5.74) is 8.09. The Morgan fingerprint density at radius 1 is 0.806 bits per heavy atom. The molecule has 0 aliphatic rings. The van der Waals surface area contributed by atoms with Gasteiger partial charge < -0.3 is 0 Å². The lowest BCUT2D eigenvalue weighted by Gasteiger charge is -2.22. The molecule has 0 amide bonds. The Morgan fingerprint density at radius 3 is 2.23 bits per heavy atom. The molecule has 0 saturated carbocycles. The quantitative estimate of drug-likeness (QED) is 0.300. The number of benzene rings is 2. The summed E-state index contributed by atoms with van der Waals surface area (Å²) in [5.74, 6) is -0.342. The highest BCUT2D eigenvalue weighted by atomic mass is 79.9. The highest BCUT2D eigenvalue weighted by Gasteiger charge is 2.20. The lowest BCUT2D eigenvalue weighted by atomic mass is 9.83. The van der Waals surface area contributed by atoms with Crippen LogP contribution in [0.2, 0.25) is 0 Å². The molecule has 2 aromatic carbocycles. The van der Waals surface area contributed by atoms with Crippen LogP contribution in [0.15, 0.2) is 77.5 Å². The molecule has 0 atom stereocenters. The lowest BCUT2D eigenvalue weighted by Crippen LogP contribution is -2.11. The summed E-state index contributed by atoms with van der Waals surface area (Å²) in [5, 5.41) is 0. The molecule has 156 valence electrons. The molecule has 0 bridgehead atoms. The normalized spacial score (nSPS) is 11.5. The summed E-state index contributed by atoms with van der Waals surface area (Å²) in [4.78, 5) is 9.06. The van der Waals surface area contributed by atoms with E-state index in [1.54, 1.807) is 6.07 Å². The average Bonchev–Trinajstić information content (AvgIpc) is 2.74. The van der Waals surface area contributed by atoms with Crippen LogP contribution in [-0.2, 0) is 5.41 Å². The molecule has 2 heterocycles. The maximum Gasteiger partial charge on any atom is 0.141 e. The molecule has 0 aliphatic heterocycles. The van der Waals surface area contributed by atoms with E-state index in [0.29, 0.717) is 0 Å². The average molecular weight is 475 g/mol. The van der Waals surface area contributed by atoms with Gasteiger partial charge in [-0.25, -0.2) is 4.39 Å². The van der Waals surface area contributed by atoms with E-state index in [2.05, 4.69) is 90.0 Å². The SMILES string of the molecule is Cc1cccnc1-c1cc(Br)ccc1-c1ccc(C(C)(C)C)cc1-c1ccc(F)cn1. The van der Waals surface area contributed by atoms with E-state index in [-0.39, 0.29) is 11.2 Å². The van der Waals surface area contributed by atoms with Gasteiger partial charge >= 0.3 is 0 Å². The van der Waals surface area contributed by atoms with Crippen LogP contribution in [0, 0.1) is 12.7 Å². The molecular formula is C27H24BrFN2. The molecule has 0 spiro atoms. The first-order valence-electron chi connectivity index (χ1n) is 10.2. The molecule has 0 fully saturated rings. The monoisotopic (exact) mass is 474 g/mol. The van der Waals surface area contributed by atoms with E-state index < -0.39 is 0 Å². The summed E-state index contributed by atoms with van der Waals surface area (Å²) in [6.07, 6.45) is 3.09. The molecule has 4 aromatic rings. The third-order valence-corrected chi connectivity index (χ3v) is 5.92. The van der Waals surface area contributed by atoms with Gasteiger partial charge in [0.05, 0.1) is 17.6 Å². The summed E-state index contributed by atoms with van der Waals surface area (Å²) >= 11 is 3.62. The van der Waals surface area contributed by atoms with Crippen molar-refractivity contribution in [3.05, 3.63) is 94.5 Å². The molecule has 0 N–H and O–H groups in total. The largest absolute Gasteiger partial charge is 0.256 e. The lowest BCUT2D eigenvalue weighted by molar-refractivity contribution is 0.590. The molecule has 4 rings (SSSR count). The first kappa shape index (κ1) is 21.4. The van der Waals surface area contributed by atoms with Crippen molar-refractivity contribution < 1.29 is 4.39 Å². The van der Waals surface area contributed by atoms with Crippen molar-refractivity contribution in [3.63, 3.8) is 0 Å². The van der Waals surface area contributed by atoms with Crippen molar-refractivity contribution in [1.82, 2.24) is 9.97 Å². The predicted molar refractivity (Wildman–Crippen MR) is 129 cm³/mol. The maximum atomic E-state index is 13.6. The molecule has 2 nitrogen and oxygen atoms in total. The van der Waals surface area contributed by atoms with E-state index >= 15 is 0 Å². The third kappa shape index (κ3) is 4.45. The molecule has 0 aliphatic carbocycles. The Kier molecular flexibility index (Phi) is 5.76. The van der Waals surface area contributed by atoms with E-state index in [0.717, 1.165) is 43.7 Å². The van der Waals surface area contributed by atoms with Crippen LogP contribution in [-0.4, -0.2) is 9.97 Å². The van der Waals surface area contributed by atoms with Crippen LogP contribution >= 0.6 is 15.9 Å². The minimum atomic E-state index is -0.342. The first-order chi connectivity index (χ1) is 14.7. The Morgan fingerprint density at radius 2 is 1.55 bits per heavy atom. The Balaban J connectivity index is 2.01. The molecule has 0 radical (unpaired) electrons. The van der Waals surface area contributed by atoms with Gasteiger partial charge in [-0.1, -0.05) is 61.0 Å². The summed E-state index contributed by atoms with van der Waals surface area (Å²) in [7, 11) is 0. The zero-order chi connectivity index (χ0) is 22.2. The van der Waals surface area contributed by atoms with Gasteiger partial charge in [0.2, 0.25) is 0 Å². The Labute approximate surface area is 191 Å². The number of aromatic nitrogens is 2. The third-order valence-electron chi connectivity index (χ3n) is 5.43. The Bertz CT molecular complexity index is 1240. The second-order valence-corrected chi connectivity index (χ2v) is 9.65. The maximum absolute atomic E-state index is 13.6. The van der Waals surface area contributed by atoms with Crippen molar-refractivity contribution in [3.8, 4) is 33.6 Å². The van der Waals surface area contributed by atoms with Crippen molar-refractivity contribution in [2.45, 2.75) is 33.1 Å². The summed E-state index contributed by atoms with van der Waals surface area (Å²) in [6, 6.07) is 19.9. The van der Waals surface area contributed by atoms with E-state index in [9.17, 15) is 4.39 Å². The minimum absolute atomic E-state index is 0.0204. The zero-order valence-electron chi connectivity index (χ0n) is 18.1. The van der Waals surface area contributed by atoms with Gasteiger partial charge in [-0.2, -0.15) is 0 Å². The number of hydrogen-bond acceptors (Lipinski definition) is 2. The summed E-state index contributed by atoms with van der Waals surface area (Å²) < 4.78 is 14.6. The fourth-order valence-corrected chi connectivity index (χ4v) is 4.07. The van der Waals surface area contributed by atoms with Gasteiger partial charge in [-0.05, 0) is 71.0 Å². The number of halogens is 2. The fraction of sp³-hybridized carbons (Fsp3) is 0.185. The van der Waals surface area contributed by atoms with Crippen LogP contribution in [0.1, 0.15) is 31.9 Å². The second kappa shape index (κ2) is 8.35. The van der Waals surface area contributed by atoms with Gasteiger partial charge in [-0.15, -0.1) is 0 Å². The molecular weight excluding hydrogens is 451 g/mol. The number of hydrogen-bond donors (Lipinski definition) is 0. The van der Waals surface area contributed by atoms with Crippen molar-refractivity contribution in [2.75, 3.05) is 0 Å². The van der Waals surface area contributed by atoms with E-state index in [1.165, 1.54) is 17.8 Å². The minimum Gasteiger partial charge on any atom is -0.256 e. The molecule has 2 aromatic heterocycles. The summed E-state index contributed by atoms with van der Waals surface area (Å²) in [6.45, 7) is 8.63. The number of nitrogens with zero attached hydrogens (tertiary/aromatic N) is 2. The number of pyridine rings is 2. The highest BCUT2D eigenvalue weighted by Crippen LogP contribution is 2.41. The number of rotatable bonds is 3. The standard InChI is InChI=1S/C27H24BrFN2/c1-17-6-5-13-30-26(17)24-15-19(28)8-11-22(24)21-10-7-18(27(2,3)4)14-23(21)25-12-9-20(29)16-31-25/h5-16H,1-4H3. The van der Waals surface area contributed by atoms with Gasteiger partial charge in [0.15, 0.2) is 0 Å². The van der Waals surface area contributed by atoms with E-state index in [1.807, 2.05) is 18.3 Å². The highest BCUT2D eigenvalue weighted by molar-refractivity contribution is 9.10. The van der Waals surface area contributed by atoms with Crippen molar-refractivity contribution in [2.24, 2.45) is 0 Å². The van der Waals surface area contributed by atoms with Gasteiger partial charge in [0.25, 0.3) is 0 Å². The van der Waals surface area contributed by atoms with Gasteiger partial charge in [-0.3, -0.25) is 9.97 Å². The van der Waals surface area contributed by atoms with Crippen LogP contribution in [0.5, 0.6) is 0 Å². The van der Waals surface area contributed by atoms with Crippen molar-refractivity contribution >= 4 is 15.9 Å². The van der Waals surface area contributed by atoms with Gasteiger partial charge in [0, 0.05) is 21.8 Å². The smallest absolute Gasteiger partial charge is 0.141 e. The zero-order valence-corrected chi connectivity index (χ0v) is 19.7. The Hall–Kier alpha value is -2.85. The second-order valence-electron chi connectivity index (χ2n) is 8.73. The van der Waals surface area contributed by atoms with Crippen LogP contribution in [0.25, 0.3) is 33.6 Å². The van der Waals surface area contributed by atoms with Crippen LogP contribution in [0.4, 0.5) is 4.39 Å². The molecule has 0 unspecified atom stereocenters. The first-order valence-corrected chi connectivity index (χ1v) is 11.0. The topological polar surface area (TPSA) is 25.8 Å². The molecule has 4 heteroatoms. The van der Waals surface area contributed by atoms with Crippen LogP contribution in [0.3, 0.4) is 0 Å². The predicted octanol–water partition coefficient (Wildman–Crippen LogP) is 7.99.